The Morgan fingerprint density at radius 3 is 2.43 bits per heavy atom. The van der Waals surface area contributed by atoms with Crippen LogP contribution in [0.1, 0.15) is 0 Å². The van der Waals surface area contributed by atoms with Crippen molar-refractivity contribution >= 4 is 30.6 Å². The van der Waals surface area contributed by atoms with E-state index >= 15 is 0 Å². The van der Waals surface area contributed by atoms with Gasteiger partial charge >= 0.3 is 53.1 Å². The summed E-state index contributed by atoms with van der Waals surface area (Å²) < 4.78 is 0.973. The van der Waals surface area contributed by atoms with Crippen LogP contribution >= 0.6 is 30.6 Å². The molecule has 7 heavy (non-hydrogen) atoms. The van der Waals surface area contributed by atoms with Crippen molar-refractivity contribution in [1.82, 2.24) is 0 Å². The molecule has 0 atom stereocenters. The van der Waals surface area contributed by atoms with Crippen LogP contribution in [0.4, 0.5) is 0 Å². The van der Waals surface area contributed by atoms with Gasteiger partial charge in [-0.2, -0.15) is 0 Å². The van der Waals surface area contributed by atoms with E-state index in [9.17, 15) is 10.1 Å². The molecule has 0 N–H and O–H groups in total. The minimum atomic E-state index is -2.56. The van der Waals surface area contributed by atoms with E-state index < -0.39 is 21.0 Å². The Morgan fingerprint density at radius 1 is 2.00 bits per heavy atom. The summed E-state index contributed by atoms with van der Waals surface area (Å²) >= 11 is 0.0751. The summed E-state index contributed by atoms with van der Waals surface area (Å²) in [6.45, 7) is 0. The Hall–Kier alpha value is 0.1000. The predicted molar refractivity (Wildman–Crippen MR) is 35.6 cm³/mol. The molecule has 0 aliphatic carbocycles. The zero-order valence-corrected chi connectivity index (χ0v) is 6.71. The summed E-state index contributed by atoms with van der Waals surface area (Å²) in [5, 5.41) is 17.4. The van der Waals surface area contributed by atoms with Crippen LogP contribution in [0.2, 0.25) is 0 Å². The zero-order valence-electron chi connectivity index (χ0n) is 2.97. The molecule has 6 heteroatoms. The number of nitrogens with zero attached hydrogens (tertiary/aromatic N) is 2. The second-order valence-corrected chi connectivity index (χ2v) is 6.85. The molecule has 0 fully saturated rings. The predicted octanol–water partition coefficient (Wildman–Crippen LogP) is 1.48. The van der Waals surface area contributed by atoms with E-state index in [4.69, 9.17) is 5.26 Å². The topological polar surface area (TPSA) is 66.9 Å². The molecule has 0 heterocycles. The minimum absolute atomic E-state index is 0.566. The molecule has 0 aliphatic rings. The van der Waals surface area contributed by atoms with E-state index in [0.29, 0.717) is 0 Å². The maximum atomic E-state index is 9.54. The summed E-state index contributed by atoms with van der Waals surface area (Å²) in [4.78, 5) is 9.54. The molecule has 0 aromatic heterocycles. The number of hydrogen-bond donors (Lipinski definition) is 0. The van der Waals surface area contributed by atoms with Crippen LogP contribution in [0.25, 0.3) is 0 Å². The van der Waals surface area contributed by atoms with E-state index in [1.807, 2.05) is 0 Å². The van der Waals surface area contributed by atoms with Gasteiger partial charge < -0.3 is 0 Å². The molecular weight excluding hydrogens is 279 g/mol. The Labute approximate surface area is 53.1 Å². The Kier molecular flexibility index (Phi) is 3.19. The van der Waals surface area contributed by atoms with E-state index in [1.54, 1.807) is 0 Å². The summed E-state index contributed by atoms with van der Waals surface area (Å²) in [6, 6.07) is 0. The molecule has 0 aromatic carbocycles. The van der Waals surface area contributed by atoms with Crippen molar-refractivity contribution in [2.45, 2.75) is 0 Å². The van der Waals surface area contributed by atoms with E-state index in [1.165, 1.54) is 4.08 Å². The van der Waals surface area contributed by atoms with Crippen LogP contribution in [0, 0.1) is 19.5 Å². The molecule has 0 bridgehead atoms. The van der Waals surface area contributed by atoms with Gasteiger partial charge in [0.25, 0.3) is 0 Å². The number of rotatable bonds is 1. The third kappa shape index (κ3) is 2.76. The van der Waals surface area contributed by atoms with E-state index in [-0.39, 0.29) is 0 Å². The molecule has 0 rings (SSSR count). The first-order chi connectivity index (χ1) is 3.18. The van der Waals surface area contributed by atoms with Crippen LogP contribution < -0.4 is 0 Å². The van der Waals surface area contributed by atoms with Gasteiger partial charge in [-0.15, -0.1) is 0 Å². The average Bonchev–Trinajstić information content (AvgIpc) is 1.65. The van der Waals surface area contributed by atoms with Gasteiger partial charge in [0.2, 0.25) is 0 Å². The number of nitriles is 1. The van der Waals surface area contributed by atoms with Gasteiger partial charge in [-0.3, -0.25) is 0 Å². The molecule has 0 amide bonds. The average molecular weight is 279 g/mol. The summed E-state index contributed by atoms with van der Waals surface area (Å²) in [5.74, 6) is 0. The van der Waals surface area contributed by atoms with Crippen molar-refractivity contribution < 1.29 is 3.14 Å². The number of halogens is 2. The first-order valence-corrected chi connectivity index (χ1v) is 7.97. The quantitative estimate of drug-likeness (QED) is 0.316. The van der Waals surface area contributed by atoms with E-state index in [2.05, 4.69) is 12.7 Å². The van der Waals surface area contributed by atoms with Crippen molar-refractivity contribution in [3.8, 4) is 4.08 Å². The molecular formula is CBrIN2O2. The summed E-state index contributed by atoms with van der Waals surface area (Å²) in [7, 11) is 0. The number of hydrogen-bond acceptors (Lipinski definition) is 3. The molecule has 0 aromatic rings. The van der Waals surface area contributed by atoms with Crippen LogP contribution in [-0.2, 0) is 0 Å². The molecule has 40 valence electrons. The van der Waals surface area contributed by atoms with Crippen molar-refractivity contribution in [3.63, 3.8) is 0 Å². The van der Waals surface area contributed by atoms with E-state index in [0.717, 1.165) is 0 Å². The summed E-state index contributed by atoms with van der Waals surface area (Å²) in [5.41, 5.74) is 0. The molecule has 0 spiro atoms. The van der Waals surface area contributed by atoms with Gasteiger partial charge in [-0.25, -0.2) is 0 Å². The van der Waals surface area contributed by atoms with Gasteiger partial charge in [0.05, 0.1) is 0 Å². The monoisotopic (exact) mass is 278 g/mol. The van der Waals surface area contributed by atoms with Crippen LogP contribution in [-0.4, -0.2) is 3.14 Å². The standard InChI is InChI=1S/CBrIN2O2/c2-3(1-4)5(6)7. The third-order valence-electron chi connectivity index (χ3n) is 0.191. The molecule has 0 saturated heterocycles. The molecule has 0 saturated carbocycles. The van der Waals surface area contributed by atoms with Crippen molar-refractivity contribution in [1.29, 1.82) is 5.26 Å². The van der Waals surface area contributed by atoms with Gasteiger partial charge in [-0.1, -0.05) is 0 Å². The first kappa shape index (κ1) is 7.10. The maximum absolute atomic E-state index is 9.54. The fourth-order valence-corrected chi connectivity index (χ4v) is 0.207. The van der Waals surface area contributed by atoms with Crippen LogP contribution in [0.3, 0.4) is 0 Å². The Morgan fingerprint density at radius 2 is 2.43 bits per heavy atom. The normalized spacial score (nSPS) is 9.43. The zero-order chi connectivity index (χ0) is 5.86. The van der Waals surface area contributed by atoms with Crippen LogP contribution in [0.15, 0.2) is 0 Å². The molecule has 4 nitrogen and oxygen atoms in total. The SMILES string of the molecule is N#CI(Br)[N+](=O)[O-]. The first-order valence-electron chi connectivity index (χ1n) is 1.09. The molecule has 0 aliphatic heterocycles. The number of nitro groups is 1. The van der Waals surface area contributed by atoms with Gasteiger partial charge in [0.1, 0.15) is 0 Å². The third-order valence-corrected chi connectivity index (χ3v) is 3.65. The van der Waals surface area contributed by atoms with Crippen molar-refractivity contribution in [3.05, 3.63) is 10.1 Å². The van der Waals surface area contributed by atoms with Gasteiger partial charge in [0.15, 0.2) is 0 Å². The van der Waals surface area contributed by atoms with Crippen molar-refractivity contribution in [2.75, 3.05) is 0 Å². The van der Waals surface area contributed by atoms with Gasteiger partial charge in [-0.05, 0) is 0 Å². The second-order valence-electron chi connectivity index (χ2n) is 0.517. The van der Waals surface area contributed by atoms with Crippen molar-refractivity contribution in [2.24, 2.45) is 0 Å². The second kappa shape index (κ2) is 3.15. The Balaban J connectivity index is 3.63. The van der Waals surface area contributed by atoms with Crippen LogP contribution in [0.5, 0.6) is 0 Å². The molecule has 0 radical (unpaired) electrons. The fourth-order valence-electron chi connectivity index (χ4n) is 0.0309. The Bertz CT molecular complexity index is 119. The van der Waals surface area contributed by atoms with Gasteiger partial charge in [0, 0.05) is 0 Å². The molecule has 0 unspecified atom stereocenters. The fraction of sp³-hybridized carbons (Fsp3) is 0. The summed E-state index contributed by atoms with van der Waals surface area (Å²) in [6.07, 6.45) is 0.